The van der Waals surface area contributed by atoms with Crippen LogP contribution in [0.25, 0.3) is 5.69 Å². The molecule has 1 aromatic heterocycles. The molecule has 2 aromatic rings. The van der Waals surface area contributed by atoms with Crippen molar-refractivity contribution in [2.75, 3.05) is 6.54 Å². The van der Waals surface area contributed by atoms with Crippen molar-refractivity contribution in [2.45, 2.75) is 26.8 Å². The van der Waals surface area contributed by atoms with Crippen molar-refractivity contribution in [3.8, 4) is 5.69 Å². The zero-order valence-corrected chi connectivity index (χ0v) is 12.1. The molecule has 3 N–H and O–H groups in total. The van der Waals surface area contributed by atoms with Crippen LogP contribution < -0.4 is 11.1 Å². The normalized spacial score (nSPS) is 12.2. The lowest BCUT2D eigenvalue weighted by Crippen LogP contribution is -2.38. The first-order valence-electron chi connectivity index (χ1n) is 6.67. The summed E-state index contributed by atoms with van der Waals surface area (Å²) in [6.07, 6.45) is 0. The number of amides is 1. The van der Waals surface area contributed by atoms with Crippen LogP contribution in [0.3, 0.4) is 0 Å². The summed E-state index contributed by atoms with van der Waals surface area (Å²) in [7, 11) is 0. The maximum Gasteiger partial charge on any atom is 0.255 e. The average molecular weight is 272 g/mol. The van der Waals surface area contributed by atoms with Crippen molar-refractivity contribution >= 4 is 5.91 Å². The van der Waals surface area contributed by atoms with Crippen molar-refractivity contribution in [3.63, 3.8) is 0 Å². The molecule has 5 nitrogen and oxygen atoms in total. The van der Waals surface area contributed by atoms with Gasteiger partial charge in [-0.1, -0.05) is 18.2 Å². The van der Waals surface area contributed by atoms with Crippen LogP contribution in [0.4, 0.5) is 0 Å². The number of carbonyl (C=O) groups is 1. The lowest BCUT2D eigenvalue weighted by molar-refractivity contribution is 0.0940. The van der Waals surface area contributed by atoms with Crippen LogP contribution in [0.2, 0.25) is 0 Å². The predicted octanol–water partition coefficient (Wildman–Crippen LogP) is 1.57. The Bertz CT molecular complexity index is 604. The number of nitrogens with one attached hydrogen (secondary N) is 1. The number of aryl methyl sites for hydroxylation is 1. The van der Waals surface area contributed by atoms with E-state index in [0.717, 1.165) is 11.4 Å². The minimum absolute atomic E-state index is 0.0543. The van der Waals surface area contributed by atoms with Gasteiger partial charge in [-0.25, -0.2) is 4.68 Å². The fourth-order valence-corrected chi connectivity index (χ4v) is 2.15. The van der Waals surface area contributed by atoms with Crippen LogP contribution in [-0.4, -0.2) is 28.3 Å². The predicted molar refractivity (Wildman–Crippen MR) is 79.0 cm³/mol. The smallest absolute Gasteiger partial charge is 0.255 e. The van der Waals surface area contributed by atoms with Crippen molar-refractivity contribution in [1.82, 2.24) is 15.1 Å². The highest BCUT2D eigenvalue weighted by Crippen LogP contribution is 2.17. The van der Waals surface area contributed by atoms with Gasteiger partial charge in [-0.05, 0) is 32.9 Å². The number of hydrogen-bond acceptors (Lipinski definition) is 3. The summed E-state index contributed by atoms with van der Waals surface area (Å²) in [5.41, 5.74) is 8.64. The summed E-state index contributed by atoms with van der Waals surface area (Å²) in [5.74, 6) is -0.125. The molecule has 0 aliphatic heterocycles. The van der Waals surface area contributed by atoms with Crippen LogP contribution in [0.15, 0.2) is 30.3 Å². The second-order valence-electron chi connectivity index (χ2n) is 4.90. The molecule has 2 rings (SSSR count). The van der Waals surface area contributed by atoms with Crippen molar-refractivity contribution in [3.05, 3.63) is 47.3 Å². The van der Waals surface area contributed by atoms with Crippen LogP contribution >= 0.6 is 0 Å². The van der Waals surface area contributed by atoms with Crippen LogP contribution in [0.5, 0.6) is 0 Å². The molecule has 1 aromatic carbocycles. The van der Waals surface area contributed by atoms with Gasteiger partial charge in [-0.15, -0.1) is 0 Å². The van der Waals surface area contributed by atoms with Gasteiger partial charge in [0, 0.05) is 12.6 Å². The number of rotatable bonds is 4. The number of nitrogens with zero attached hydrogens (tertiary/aromatic N) is 2. The summed E-state index contributed by atoms with van der Waals surface area (Å²) in [6, 6.07) is 9.71. The number of nitrogens with two attached hydrogens (primary N) is 1. The molecule has 0 radical (unpaired) electrons. The fraction of sp³-hybridized carbons (Fsp3) is 0.333. The van der Waals surface area contributed by atoms with Gasteiger partial charge in [0.1, 0.15) is 0 Å². The molecule has 0 unspecified atom stereocenters. The third kappa shape index (κ3) is 2.72. The van der Waals surface area contributed by atoms with E-state index in [4.69, 9.17) is 5.73 Å². The fourth-order valence-electron chi connectivity index (χ4n) is 2.15. The zero-order chi connectivity index (χ0) is 14.7. The van der Waals surface area contributed by atoms with E-state index in [1.54, 1.807) is 4.68 Å². The van der Waals surface area contributed by atoms with Gasteiger partial charge in [-0.3, -0.25) is 4.79 Å². The second kappa shape index (κ2) is 5.88. The Kier molecular flexibility index (Phi) is 4.20. The number of aromatic nitrogens is 2. The highest BCUT2D eigenvalue weighted by Gasteiger charge is 2.20. The first kappa shape index (κ1) is 14.3. The van der Waals surface area contributed by atoms with Crippen LogP contribution in [0.1, 0.15) is 28.7 Å². The lowest BCUT2D eigenvalue weighted by atomic mass is 10.1. The molecule has 20 heavy (non-hydrogen) atoms. The topological polar surface area (TPSA) is 72.9 Å². The van der Waals surface area contributed by atoms with E-state index in [2.05, 4.69) is 10.4 Å². The lowest BCUT2D eigenvalue weighted by Gasteiger charge is -2.11. The molecule has 106 valence electrons. The van der Waals surface area contributed by atoms with E-state index in [9.17, 15) is 4.79 Å². The summed E-state index contributed by atoms with van der Waals surface area (Å²) in [4.78, 5) is 12.3. The summed E-state index contributed by atoms with van der Waals surface area (Å²) >= 11 is 0. The largest absolute Gasteiger partial charge is 0.348 e. The molecule has 1 atom stereocenters. The van der Waals surface area contributed by atoms with E-state index in [1.165, 1.54) is 0 Å². The standard InChI is InChI=1S/C15H20N4O/c1-10(9-16)17-15(20)14-11(2)18-19(12(14)3)13-7-5-4-6-8-13/h4-8,10H,9,16H2,1-3H3,(H,17,20)/t10-/m0/s1. The first-order valence-corrected chi connectivity index (χ1v) is 6.67. The number of para-hydroxylation sites is 1. The van der Waals surface area contributed by atoms with Crippen molar-refractivity contribution < 1.29 is 4.79 Å². The van der Waals surface area contributed by atoms with Gasteiger partial charge in [0.2, 0.25) is 0 Å². The van der Waals surface area contributed by atoms with Gasteiger partial charge in [0.15, 0.2) is 0 Å². The Morgan fingerprint density at radius 3 is 2.60 bits per heavy atom. The Labute approximate surface area is 118 Å². The Balaban J connectivity index is 2.37. The Hall–Kier alpha value is -2.14. The number of hydrogen-bond donors (Lipinski definition) is 2. The quantitative estimate of drug-likeness (QED) is 0.887. The third-order valence-corrected chi connectivity index (χ3v) is 3.25. The molecular weight excluding hydrogens is 252 g/mol. The van der Waals surface area contributed by atoms with Gasteiger partial charge in [0.25, 0.3) is 5.91 Å². The summed E-state index contributed by atoms with van der Waals surface area (Å²) in [5, 5.41) is 7.33. The molecule has 0 aliphatic carbocycles. The van der Waals surface area contributed by atoms with Crippen molar-refractivity contribution in [2.24, 2.45) is 5.73 Å². The van der Waals surface area contributed by atoms with Gasteiger partial charge < -0.3 is 11.1 Å². The summed E-state index contributed by atoms with van der Waals surface area (Å²) < 4.78 is 1.79. The monoisotopic (exact) mass is 272 g/mol. The molecule has 0 aliphatic rings. The molecule has 1 amide bonds. The highest BCUT2D eigenvalue weighted by molar-refractivity contribution is 5.96. The van der Waals surface area contributed by atoms with Crippen LogP contribution in [0, 0.1) is 13.8 Å². The molecule has 0 saturated carbocycles. The average Bonchev–Trinajstić information content (AvgIpc) is 2.74. The number of carbonyl (C=O) groups excluding carboxylic acids is 1. The third-order valence-electron chi connectivity index (χ3n) is 3.25. The minimum Gasteiger partial charge on any atom is -0.348 e. The Morgan fingerprint density at radius 1 is 1.35 bits per heavy atom. The molecule has 0 spiro atoms. The summed E-state index contributed by atoms with van der Waals surface area (Å²) in [6.45, 7) is 6.03. The van der Waals surface area contributed by atoms with E-state index in [0.29, 0.717) is 17.8 Å². The maximum absolute atomic E-state index is 12.3. The first-order chi connectivity index (χ1) is 9.54. The minimum atomic E-state index is -0.125. The van der Waals surface area contributed by atoms with Crippen LogP contribution in [-0.2, 0) is 0 Å². The molecule has 0 fully saturated rings. The highest BCUT2D eigenvalue weighted by atomic mass is 16.1. The maximum atomic E-state index is 12.3. The number of benzene rings is 1. The van der Waals surface area contributed by atoms with E-state index >= 15 is 0 Å². The SMILES string of the molecule is Cc1nn(-c2ccccc2)c(C)c1C(=O)N[C@@H](C)CN. The van der Waals surface area contributed by atoms with Gasteiger partial charge in [-0.2, -0.15) is 5.10 Å². The molecule has 0 bridgehead atoms. The van der Waals surface area contributed by atoms with Crippen molar-refractivity contribution in [1.29, 1.82) is 0 Å². The molecule has 5 heteroatoms. The second-order valence-corrected chi connectivity index (χ2v) is 4.90. The molecular formula is C15H20N4O. The van der Waals surface area contributed by atoms with E-state index in [-0.39, 0.29) is 11.9 Å². The Morgan fingerprint density at radius 2 is 2.00 bits per heavy atom. The zero-order valence-electron chi connectivity index (χ0n) is 12.1. The molecule has 1 heterocycles. The van der Waals surface area contributed by atoms with E-state index in [1.807, 2.05) is 51.1 Å². The van der Waals surface area contributed by atoms with Gasteiger partial charge in [0.05, 0.1) is 22.6 Å². The van der Waals surface area contributed by atoms with E-state index < -0.39 is 0 Å². The van der Waals surface area contributed by atoms with Gasteiger partial charge >= 0.3 is 0 Å². The molecule has 0 saturated heterocycles.